The van der Waals surface area contributed by atoms with Crippen LogP contribution in [0.15, 0.2) is 48.8 Å². The van der Waals surface area contributed by atoms with Gasteiger partial charge < -0.3 is 26.0 Å². The van der Waals surface area contributed by atoms with Crippen LogP contribution in [0.2, 0.25) is 5.02 Å². The lowest BCUT2D eigenvalue weighted by Gasteiger charge is -2.11. The quantitative estimate of drug-likeness (QED) is 0.201. The van der Waals surface area contributed by atoms with E-state index >= 15 is 0 Å². The predicted molar refractivity (Wildman–Crippen MR) is 127 cm³/mol. The molecule has 1 aromatic carbocycles. The zero-order chi connectivity index (χ0) is 24.0. The van der Waals surface area contributed by atoms with E-state index in [2.05, 4.69) is 15.6 Å². The molecule has 5 N–H and O–H groups in total. The minimum Gasteiger partial charge on any atom is -0.394 e. The Labute approximate surface area is 195 Å². The minimum atomic E-state index is -0.578. The molecular formula is C22H25ClN6O4. The molecule has 0 saturated heterocycles. The molecule has 11 heteroatoms. The first-order chi connectivity index (χ1) is 15.8. The molecule has 3 aromatic rings. The number of carbonyl (C=O) groups excluding carboxylic acids is 1. The van der Waals surface area contributed by atoms with Gasteiger partial charge in [0, 0.05) is 48.2 Å². The van der Waals surface area contributed by atoms with Gasteiger partial charge in [-0.05, 0) is 37.1 Å². The first kappa shape index (κ1) is 24.0. The summed E-state index contributed by atoms with van der Waals surface area (Å²) in [4.78, 5) is 27.0. The van der Waals surface area contributed by atoms with Gasteiger partial charge in [0.2, 0.25) is 5.82 Å². The highest BCUT2D eigenvalue weighted by Gasteiger charge is 2.18. The highest BCUT2D eigenvalue weighted by atomic mass is 35.5. The number of aliphatic hydroxyl groups is 1. The van der Waals surface area contributed by atoms with Crippen molar-refractivity contribution in [2.45, 2.75) is 25.9 Å². The maximum atomic E-state index is 12.8. The zero-order valence-corrected chi connectivity index (χ0v) is 18.7. The van der Waals surface area contributed by atoms with Crippen molar-refractivity contribution in [3.05, 3.63) is 69.5 Å². The monoisotopic (exact) mass is 472 g/mol. The summed E-state index contributed by atoms with van der Waals surface area (Å²) in [6, 6.07) is 9.67. The van der Waals surface area contributed by atoms with Gasteiger partial charge in [0.05, 0.1) is 17.1 Å². The fourth-order valence-corrected chi connectivity index (χ4v) is 3.35. The molecule has 0 spiro atoms. The number of nitrogens with zero attached hydrogens (tertiary/aromatic N) is 3. The van der Waals surface area contributed by atoms with Crippen molar-refractivity contribution < 1.29 is 14.8 Å². The van der Waals surface area contributed by atoms with E-state index in [9.17, 15) is 20.0 Å². The van der Waals surface area contributed by atoms with Crippen LogP contribution in [-0.4, -0.2) is 44.7 Å². The van der Waals surface area contributed by atoms with Crippen molar-refractivity contribution in [2.24, 2.45) is 0 Å². The number of hydrogen-bond donors (Lipinski definition) is 4. The Bertz CT molecular complexity index is 1130. The number of nitro groups is 1. The molecule has 1 atom stereocenters. The fraction of sp³-hybridized carbons (Fsp3) is 0.273. The number of nitrogen functional groups attached to an aromatic ring is 1. The van der Waals surface area contributed by atoms with Gasteiger partial charge in [-0.25, -0.2) is 4.98 Å². The van der Waals surface area contributed by atoms with Gasteiger partial charge in [-0.1, -0.05) is 23.7 Å². The first-order valence-corrected chi connectivity index (χ1v) is 10.7. The lowest BCUT2D eigenvalue weighted by Crippen LogP contribution is -2.35. The summed E-state index contributed by atoms with van der Waals surface area (Å²) in [7, 11) is 0. The predicted octanol–water partition coefficient (Wildman–Crippen LogP) is 3.31. The van der Waals surface area contributed by atoms with E-state index in [0.29, 0.717) is 35.9 Å². The molecule has 0 bridgehead atoms. The Hall–Kier alpha value is -3.63. The molecule has 174 valence electrons. The van der Waals surface area contributed by atoms with Crippen molar-refractivity contribution in [3.8, 4) is 11.1 Å². The molecule has 0 aliphatic carbocycles. The molecule has 33 heavy (non-hydrogen) atoms. The molecule has 0 fully saturated rings. The number of anilines is 2. The maximum absolute atomic E-state index is 12.8. The Balaban J connectivity index is 1.69. The molecule has 2 heterocycles. The van der Waals surface area contributed by atoms with Crippen molar-refractivity contribution >= 4 is 34.8 Å². The van der Waals surface area contributed by atoms with E-state index in [-0.39, 0.29) is 30.1 Å². The van der Waals surface area contributed by atoms with E-state index in [4.69, 9.17) is 17.3 Å². The summed E-state index contributed by atoms with van der Waals surface area (Å²) in [6.07, 6.45) is 4.36. The third-order valence-electron chi connectivity index (χ3n) is 4.93. The average molecular weight is 473 g/mol. The summed E-state index contributed by atoms with van der Waals surface area (Å²) in [5.41, 5.74) is 7.49. The van der Waals surface area contributed by atoms with Crippen LogP contribution in [0.5, 0.6) is 0 Å². The van der Waals surface area contributed by atoms with Gasteiger partial charge in [0.1, 0.15) is 5.82 Å². The Kier molecular flexibility index (Phi) is 7.86. The molecular weight excluding hydrogens is 448 g/mol. The molecule has 0 radical (unpaired) electrons. The highest BCUT2D eigenvalue weighted by molar-refractivity contribution is 6.30. The number of hydrogen-bond acceptors (Lipinski definition) is 7. The largest absolute Gasteiger partial charge is 0.394 e. The highest BCUT2D eigenvalue weighted by Crippen LogP contribution is 2.27. The van der Waals surface area contributed by atoms with Crippen LogP contribution >= 0.6 is 11.6 Å². The van der Waals surface area contributed by atoms with Crippen LogP contribution in [0.1, 0.15) is 23.7 Å². The van der Waals surface area contributed by atoms with E-state index in [1.165, 1.54) is 12.1 Å². The van der Waals surface area contributed by atoms with Gasteiger partial charge in [0.25, 0.3) is 5.91 Å². The van der Waals surface area contributed by atoms with Gasteiger partial charge in [-0.3, -0.25) is 14.9 Å². The number of amides is 1. The summed E-state index contributed by atoms with van der Waals surface area (Å²) in [5, 5.41) is 26.6. The van der Waals surface area contributed by atoms with Crippen LogP contribution in [0.25, 0.3) is 11.1 Å². The van der Waals surface area contributed by atoms with E-state index < -0.39 is 4.92 Å². The number of aryl methyl sites for hydroxylation is 1. The number of halogens is 1. The van der Waals surface area contributed by atoms with Gasteiger partial charge in [0.15, 0.2) is 0 Å². The topological polar surface area (TPSA) is 148 Å². The summed E-state index contributed by atoms with van der Waals surface area (Å²) >= 11 is 6.00. The van der Waals surface area contributed by atoms with E-state index in [1.54, 1.807) is 25.3 Å². The fourth-order valence-electron chi connectivity index (χ4n) is 3.22. The van der Waals surface area contributed by atoms with Crippen molar-refractivity contribution in [1.29, 1.82) is 0 Å². The average Bonchev–Trinajstić information content (AvgIpc) is 3.21. The third kappa shape index (κ3) is 6.21. The molecule has 0 unspecified atom stereocenters. The van der Waals surface area contributed by atoms with Crippen LogP contribution in [0.3, 0.4) is 0 Å². The summed E-state index contributed by atoms with van der Waals surface area (Å²) < 4.78 is 1.92. The van der Waals surface area contributed by atoms with Crippen molar-refractivity contribution in [1.82, 2.24) is 14.9 Å². The summed E-state index contributed by atoms with van der Waals surface area (Å²) in [5.74, 6) is 0.0326. The lowest BCUT2D eigenvalue weighted by atomic mass is 10.0. The number of benzene rings is 1. The lowest BCUT2D eigenvalue weighted by molar-refractivity contribution is -0.384. The number of nitrogens with one attached hydrogen (secondary N) is 2. The Morgan fingerprint density at radius 3 is 2.64 bits per heavy atom. The van der Waals surface area contributed by atoms with E-state index in [0.717, 1.165) is 11.1 Å². The molecule has 0 saturated carbocycles. The first-order valence-electron chi connectivity index (χ1n) is 10.3. The minimum absolute atomic E-state index is 0.143. The summed E-state index contributed by atoms with van der Waals surface area (Å²) in [6.45, 7) is 2.72. The number of pyridine rings is 1. The number of carbonyl (C=O) groups is 1. The molecule has 0 aliphatic heterocycles. The van der Waals surface area contributed by atoms with Crippen LogP contribution in [-0.2, 0) is 6.54 Å². The Morgan fingerprint density at radius 2 is 2.00 bits per heavy atom. The molecule has 2 aromatic heterocycles. The second-order valence-electron chi connectivity index (χ2n) is 7.53. The van der Waals surface area contributed by atoms with Crippen molar-refractivity contribution in [3.63, 3.8) is 0 Å². The number of aliphatic hydroxyl groups excluding tert-OH is 1. The van der Waals surface area contributed by atoms with Crippen LogP contribution in [0, 0.1) is 10.1 Å². The van der Waals surface area contributed by atoms with Crippen LogP contribution < -0.4 is 16.4 Å². The number of rotatable bonds is 10. The normalized spacial score (nSPS) is 11.7. The number of nitrogens with two attached hydrogens (primary N) is 1. The van der Waals surface area contributed by atoms with Gasteiger partial charge >= 0.3 is 5.69 Å². The zero-order valence-electron chi connectivity index (χ0n) is 18.0. The van der Waals surface area contributed by atoms with Gasteiger partial charge in [-0.2, -0.15) is 0 Å². The van der Waals surface area contributed by atoms with Crippen molar-refractivity contribution in [2.75, 3.05) is 24.2 Å². The molecule has 10 nitrogen and oxygen atoms in total. The SMILES string of the molecule is C[C@@H](CO)NC(=O)c1cn(CCCNc2ccc([N+](=O)[O-])c(N)n2)cc1-c1ccc(Cl)cc1. The molecule has 1 amide bonds. The van der Waals surface area contributed by atoms with E-state index in [1.807, 2.05) is 22.9 Å². The maximum Gasteiger partial charge on any atom is 0.311 e. The number of aromatic nitrogens is 2. The smallest absolute Gasteiger partial charge is 0.311 e. The standard InChI is InChI=1S/C22H25ClN6O4/c1-14(13-30)26-22(31)18-12-28(11-17(18)15-3-5-16(23)6-4-15)10-2-9-25-20-8-7-19(29(32)33)21(24)27-20/h3-8,11-12,14,30H,2,9-10,13H2,1H3,(H,26,31)(H3,24,25,27)/t14-/m0/s1. The second-order valence-corrected chi connectivity index (χ2v) is 7.96. The van der Waals surface area contributed by atoms with Crippen LogP contribution in [0.4, 0.5) is 17.3 Å². The molecule has 3 rings (SSSR count). The Morgan fingerprint density at radius 1 is 1.27 bits per heavy atom. The second kappa shape index (κ2) is 10.8. The third-order valence-corrected chi connectivity index (χ3v) is 5.18. The molecule has 0 aliphatic rings. The van der Waals surface area contributed by atoms with Gasteiger partial charge in [-0.15, -0.1) is 0 Å².